The second kappa shape index (κ2) is 8.62. The first-order valence-electron chi connectivity index (χ1n) is 7.12. The molecule has 22 heavy (non-hydrogen) atoms. The van der Waals surface area contributed by atoms with Gasteiger partial charge in [-0.2, -0.15) is 0 Å². The summed E-state index contributed by atoms with van der Waals surface area (Å²) in [5, 5.41) is 17.8. The molecule has 4 nitrogen and oxygen atoms in total. The molecular formula is C18H20O4. The first kappa shape index (κ1) is 17.4. The first-order valence-corrected chi connectivity index (χ1v) is 7.12. The molecule has 0 saturated heterocycles. The molecule has 0 fully saturated rings. The molecular weight excluding hydrogens is 280 g/mol. The third-order valence-electron chi connectivity index (χ3n) is 3.02. The van der Waals surface area contributed by atoms with Crippen molar-refractivity contribution in [2.45, 2.75) is 26.7 Å². The Kier molecular flexibility index (Phi) is 6.83. The summed E-state index contributed by atoms with van der Waals surface area (Å²) >= 11 is 0. The number of rotatable bonds is 4. The molecule has 0 saturated carbocycles. The SMILES string of the molecule is CCC(=O)c1ccc(O)cc1.CCC(=O)c1ccc(O)cc1. The summed E-state index contributed by atoms with van der Waals surface area (Å²) in [6, 6.07) is 12.6. The van der Waals surface area contributed by atoms with Crippen LogP contribution in [0.5, 0.6) is 11.5 Å². The molecule has 0 aliphatic carbocycles. The molecule has 0 aliphatic rings. The van der Waals surface area contributed by atoms with Gasteiger partial charge >= 0.3 is 0 Å². The normalized spacial score (nSPS) is 9.55. The zero-order valence-corrected chi connectivity index (χ0v) is 12.7. The number of Topliss-reactive ketones (excluding diaryl/α,β-unsaturated/α-hetero) is 2. The van der Waals surface area contributed by atoms with Gasteiger partial charge in [-0.3, -0.25) is 9.59 Å². The van der Waals surface area contributed by atoms with Crippen molar-refractivity contribution in [2.75, 3.05) is 0 Å². The first-order chi connectivity index (χ1) is 10.5. The van der Waals surface area contributed by atoms with Crippen molar-refractivity contribution in [1.82, 2.24) is 0 Å². The summed E-state index contributed by atoms with van der Waals surface area (Å²) in [5.74, 6) is 0.588. The van der Waals surface area contributed by atoms with E-state index in [0.29, 0.717) is 24.0 Å². The highest BCUT2D eigenvalue weighted by atomic mass is 16.3. The van der Waals surface area contributed by atoms with Gasteiger partial charge in [-0.15, -0.1) is 0 Å². The van der Waals surface area contributed by atoms with Crippen molar-refractivity contribution < 1.29 is 19.8 Å². The third-order valence-corrected chi connectivity index (χ3v) is 3.02. The monoisotopic (exact) mass is 300 g/mol. The van der Waals surface area contributed by atoms with Gasteiger partial charge < -0.3 is 10.2 Å². The van der Waals surface area contributed by atoms with Crippen LogP contribution < -0.4 is 0 Å². The molecule has 4 heteroatoms. The van der Waals surface area contributed by atoms with E-state index in [4.69, 9.17) is 10.2 Å². The predicted molar refractivity (Wildman–Crippen MR) is 85.5 cm³/mol. The van der Waals surface area contributed by atoms with Gasteiger partial charge in [0.1, 0.15) is 11.5 Å². The van der Waals surface area contributed by atoms with Crippen LogP contribution >= 0.6 is 0 Å². The minimum Gasteiger partial charge on any atom is -0.508 e. The molecule has 2 aromatic rings. The number of carbonyl (C=O) groups excluding carboxylic acids is 2. The summed E-state index contributed by atoms with van der Waals surface area (Å²) in [6.45, 7) is 3.63. The van der Waals surface area contributed by atoms with Crippen molar-refractivity contribution in [1.29, 1.82) is 0 Å². The molecule has 0 heterocycles. The topological polar surface area (TPSA) is 74.6 Å². The minimum absolute atomic E-state index is 0.102. The quantitative estimate of drug-likeness (QED) is 0.838. The fourth-order valence-corrected chi connectivity index (χ4v) is 1.70. The lowest BCUT2D eigenvalue weighted by Crippen LogP contribution is -1.94. The van der Waals surface area contributed by atoms with Crippen molar-refractivity contribution in [2.24, 2.45) is 0 Å². The Hall–Kier alpha value is -2.62. The summed E-state index contributed by atoms with van der Waals surface area (Å²) in [4.78, 5) is 22.1. The number of benzene rings is 2. The summed E-state index contributed by atoms with van der Waals surface area (Å²) < 4.78 is 0. The average Bonchev–Trinajstić information content (AvgIpc) is 2.55. The van der Waals surface area contributed by atoms with Crippen molar-refractivity contribution in [3.8, 4) is 11.5 Å². The van der Waals surface area contributed by atoms with Crippen LogP contribution in [0.2, 0.25) is 0 Å². The molecule has 0 spiro atoms. The Balaban J connectivity index is 0.000000220. The highest BCUT2D eigenvalue weighted by Crippen LogP contribution is 2.11. The van der Waals surface area contributed by atoms with E-state index in [1.54, 1.807) is 24.3 Å². The Morgan fingerprint density at radius 3 is 1.18 bits per heavy atom. The van der Waals surface area contributed by atoms with E-state index < -0.39 is 0 Å². The van der Waals surface area contributed by atoms with Crippen LogP contribution in [0.1, 0.15) is 47.4 Å². The van der Waals surface area contributed by atoms with Crippen LogP contribution in [0.3, 0.4) is 0 Å². The second-order valence-electron chi connectivity index (χ2n) is 4.65. The van der Waals surface area contributed by atoms with E-state index in [1.807, 2.05) is 13.8 Å². The maximum Gasteiger partial charge on any atom is 0.162 e. The fourth-order valence-electron chi connectivity index (χ4n) is 1.70. The van der Waals surface area contributed by atoms with E-state index in [1.165, 1.54) is 24.3 Å². The molecule has 2 aromatic carbocycles. The zero-order chi connectivity index (χ0) is 16.5. The average molecular weight is 300 g/mol. The molecule has 0 radical (unpaired) electrons. The third kappa shape index (κ3) is 5.40. The number of hydrogen-bond donors (Lipinski definition) is 2. The highest BCUT2D eigenvalue weighted by molar-refractivity contribution is 5.96. The molecule has 0 aromatic heterocycles. The predicted octanol–water partition coefficient (Wildman–Crippen LogP) is 3.97. The second-order valence-corrected chi connectivity index (χ2v) is 4.65. The van der Waals surface area contributed by atoms with Crippen LogP contribution in [-0.2, 0) is 0 Å². The van der Waals surface area contributed by atoms with Gasteiger partial charge in [-0.1, -0.05) is 13.8 Å². The van der Waals surface area contributed by atoms with E-state index in [2.05, 4.69) is 0 Å². The van der Waals surface area contributed by atoms with E-state index in [0.717, 1.165) is 0 Å². The smallest absolute Gasteiger partial charge is 0.162 e. The fraction of sp³-hybridized carbons (Fsp3) is 0.222. The van der Waals surface area contributed by atoms with Gasteiger partial charge in [0.15, 0.2) is 11.6 Å². The standard InChI is InChI=1S/2C9H10O2/c2*1-2-9(11)7-3-5-8(10)6-4-7/h2*3-6,10H,2H2,1H3. The van der Waals surface area contributed by atoms with Gasteiger partial charge in [0.2, 0.25) is 0 Å². The molecule has 0 bridgehead atoms. The van der Waals surface area contributed by atoms with Gasteiger partial charge in [0.25, 0.3) is 0 Å². The van der Waals surface area contributed by atoms with Crippen molar-refractivity contribution in [3.05, 3.63) is 59.7 Å². The Morgan fingerprint density at radius 2 is 0.955 bits per heavy atom. The minimum atomic E-state index is 0.102. The van der Waals surface area contributed by atoms with E-state index in [9.17, 15) is 9.59 Å². The molecule has 0 aliphatic heterocycles. The van der Waals surface area contributed by atoms with Crippen LogP contribution in [-0.4, -0.2) is 21.8 Å². The van der Waals surface area contributed by atoms with Crippen LogP contribution in [0.15, 0.2) is 48.5 Å². The van der Waals surface area contributed by atoms with Crippen LogP contribution in [0.4, 0.5) is 0 Å². The molecule has 116 valence electrons. The largest absolute Gasteiger partial charge is 0.508 e. The Bertz CT molecular complexity index is 555. The van der Waals surface area contributed by atoms with Gasteiger partial charge in [0.05, 0.1) is 0 Å². The highest BCUT2D eigenvalue weighted by Gasteiger charge is 2.01. The molecule has 2 rings (SSSR count). The molecule has 0 unspecified atom stereocenters. The zero-order valence-electron chi connectivity index (χ0n) is 12.7. The van der Waals surface area contributed by atoms with Crippen LogP contribution in [0, 0.1) is 0 Å². The lowest BCUT2D eigenvalue weighted by molar-refractivity contribution is 0.0980. The number of phenolic OH excluding ortho intramolecular Hbond substituents is 2. The van der Waals surface area contributed by atoms with Crippen LogP contribution in [0.25, 0.3) is 0 Å². The maximum atomic E-state index is 11.0. The summed E-state index contributed by atoms with van der Waals surface area (Å²) in [5.41, 5.74) is 1.32. The molecule has 2 N–H and O–H groups in total. The lowest BCUT2D eigenvalue weighted by Gasteiger charge is -1.96. The number of phenols is 2. The van der Waals surface area contributed by atoms with Gasteiger partial charge in [-0.05, 0) is 48.5 Å². The van der Waals surface area contributed by atoms with Gasteiger partial charge in [0, 0.05) is 24.0 Å². The van der Waals surface area contributed by atoms with E-state index >= 15 is 0 Å². The molecule has 0 amide bonds. The number of hydrogen-bond acceptors (Lipinski definition) is 4. The Labute approximate surface area is 130 Å². The number of carbonyl (C=O) groups is 2. The van der Waals surface area contributed by atoms with Gasteiger partial charge in [-0.25, -0.2) is 0 Å². The molecule has 0 atom stereocenters. The van der Waals surface area contributed by atoms with E-state index in [-0.39, 0.29) is 23.1 Å². The summed E-state index contributed by atoms with van der Waals surface area (Å²) in [6.07, 6.45) is 1.01. The maximum absolute atomic E-state index is 11.0. The van der Waals surface area contributed by atoms with Crippen molar-refractivity contribution >= 4 is 11.6 Å². The Morgan fingerprint density at radius 1 is 0.682 bits per heavy atom. The lowest BCUT2D eigenvalue weighted by atomic mass is 10.1. The van der Waals surface area contributed by atoms with Crippen molar-refractivity contribution in [3.63, 3.8) is 0 Å². The summed E-state index contributed by atoms with van der Waals surface area (Å²) in [7, 11) is 0. The number of aromatic hydroxyl groups is 2. The number of ketones is 2.